The van der Waals surface area contributed by atoms with Gasteiger partial charge in [-0.15, -0.1) is 11.8 Å². The Bertz CT molecular complexity index is 481. The molecule has 0 atom stereocenters. The van der Waals surface area contributed by atoms with Crippen LogP contribution >= 0.6 is 11.8 Å². The van der Waals surface area contributed by atoms with Gasteiger partial charge in [-0.3, -0.25) is 4.79 Å². The van der Waals surface area contributed by atoms with E-state index in [-0.39, 0.29) is 10.7 Å². The van der Waals surface area contributed by atoms with Crippen molar-refractivity contribution in [3.63, 3.8) is 0 Å². The standard InChI is InChI=1S/C13H16N2O2S/c1-10-3-8-17-11(10)12(16)15-6-4-13(9-14,18-2)5-7-15/h3,8H,4-7H2,1-2H3. The monoisotopic (exact) mass is 264 g/mol. The van der Waals surface area contributed by atoms with Gasteiger partial charge >= 0.3 is 0 Å². The second-order valence-corrected chi connectivity index (χ2v) is 5.72. The molecule has 1 aromatic heterocycles. The summed E-state index contributed by atoms with van der Waals surface area (Å²) in [5, 5.41) is 9.20. The van der Waals surface area contributed by atoms with Crippen molar-refractivity contribution in [2.75, 3.05) is 19.3 Å². The Morgan fingerprint density at radius 2 is 2.22 bits per heavy atom. The average molecular weight is 264 g/mol. The van der Waals surface area contributed by atoms with E-state index in [1.807, 2.05) is 13.2 Å². The maximum absolute atomic E-state index is 12.2. The van der Waals surface area contributed by atoms with Crippen LogP contribution in [0.3, 0.4) is 0 Å². The Morgan fingerprint density at radius 1 is 1.56 bits per heavy atom. The molecule has 0 bridgehead atoms. The maximum Gasteiger partial charge on any atom is 0.289 e. The third kappa shape index (κ3) is 2.25. The molecule has 1 amide bonds. The summed E-state index contributed by atoms with van der Waals surface area (Å²) >= 11 is 1.59. The van der Waals surface area contributed by atoms with Crippen LogP contribution in [-0.4, -0.2) is 34.9 Å². The molecule has 0 radical (unpaired) electrons. The molecule has 0 aromatic carbocycles. The van der Waals surface area contributed by atoms with Crippen LogP contribution in [0.1, 0.15) is 29.0 Å². The first kappa shape index (κ1) is 13.0. The lowest BCUT2D eigenvalue weighted by atomic mass is 9.97. The number of nitriles is 1. The Labute approximate surface area is 111 Å². The minimum absolute atomic E-state index is 0.0647. The summed E-state index contributed by atoms with van der Waals surface area (Å²) < 4.78 is 4.90. The highest BCUT2D eigenvalue weighted by Gasteiger charge is 2.36. The first-order valence-corrected chi connectivity index (χ1v) is 7.14. The lowest BCUT2D eigenvalue weighted by molar-refractivity contribution is 0.0683. The molecule has 1 saturated heterocycles. The predicted octanol–water partition coefficient (Wildman–Crippen LogP) is 2.45. The molecule has 1 aliphatic heterocycles. The number of hydrogen-bond donors (Lipinski definition) is 0. The fourth-order valence-electron chi connectivity index (χ4n) is 2.17. The summed E-state index contributed by atoms with van der Waals surface area (Å²) in [6, 6.07) is 4.16. The van der Waals surface area contributed by atoms with Crippen molar-refractivity contribution < 1.29 is 9.21 Å². The van der Waals surface area contributed by atoms with Crippen LogP contribution in [0.25, 0.3) is 0 Å². The summed E-state index contributed by atoms with van der Waals surface area (Å²) in [5.41, 5.74) is 0.863. The Kier molecular flexibility index (Phi) is 3.67. The Balaban J connectivity index is 2.05. The van der Waals surface area contributed by atoms with Gasteiger partial charge in [-0.2, -0.15) is 5.26 Å². The SMILES string of the molecule is CSC1(C#N)CCN(C(=O)c2occc2C)CC1. The van der Waals surface area contributed by atoms with E-state index >= 15 is 0 Å². The largest absolute Gasteiger partial charge is 0.459 e. The van der Waals surface area contributed by atoms with Crippen LogP contribution in [0.4, 0.5) is 0 Å². The topological polar surface area (TPSA) is 57.2 Å². The zero-order valence-electron chi connectivity index (χ0n) is 10.6. The van der Waals surface area contributed by atoms with Crippen molar-refractivity contribution >= 4 is 17.7 Å². The van der Waals surface area contributed by atoms with Gasteiger partial charge in [0, 0.05) is 18.7 Å². The number of carbonyl (C=O) groups is 1. The summed E-state index contributed by atoms with van der Waals surface area (Å²) in [4.78, 5) is 14.0. The third-order valence-corrected chi connectivity index (χ3v) is 4.79. The van der Waals surface area contributed by atoms with Crippen molar-refractivity contribution in [2.24, 2.45) is 0 Å². The second-order valence-electron chi connectivity index (χ2n) is 4.54. The predicted molar refractivity (Wildman–Crippen MR) is 70.4 cm³/mol. The minimum atomic E-state index is -0.324. The second kappa shape index (κ2) is 5.07. The van der Waals surface area contributed by atoms with Crippen LogP contribution in [0.15, 0.2) is 16.7 Å². The van der Waals surface area contributed by atoms with Crippen molar-refractivity contribution in [2.45, 2.75) is 24.5 Å². The summed E-state index contributed by atoms with van der Waals surface area (Å²) in [5.74, 6) is 0.355. The summed E-state index contributed by atoms with van der Waals surface area (Å²) in [6.45, 7) is 3.10. The number of amides is 1. The van der Waals surface area contributed by atoms with Gasteiger partial charge in [-0.05, 0) is 32.1 Å². The van der Waals surface area contributed by atoms with E-state index in [2.05, 4.69) is 6.07 Å². The molecule has 0 N–H and O–H groups in total. The fraction of sp³-hybridized carbons (Fsp3) is 0.538. The molecule has 96 valence electrons. The number of thioether (sulfide) groups is 1. The number of furan rings is 1. The molecule has 18 heavy (non-hydrogen) atoms. The van der Waals surface area contributed by atoms with Gasteiger partial charge in [0.05, 0.1) is 12.3 Å². The normalized spacial score (nSPS) is 18.4. The lowest BCUT2D eigenvalue weighted by Crippen LogP contribution is -2.44. The van der Waals surface area contributed by atoms with Crippen molar-refractivity contribution in [3.8, 4) is 6.07 Å². The van der Waals surface area contributed by atoms with Crippen LogP contribution in [0, 0.1) is 18.3 Å². The van der Waals surface area contributed by atoms with E-state index in [9.17, 15) is 10.1 Å². The number of hydrogen-bond acceptors (Lipinski definition) is 4. The molecular formula is C13H16N2O2S. The van der Waals surface area contributed by atoms with Crippen LogP contribution in [-0.2, 0) is 0 Å². The molecule has 4 nitrogen and oxygen atoms in total. The molecule has 5 heteroatoms. The first-order valence-electron chi connectivity index (χ1n) is 5.92. The highest BCUT2D eigenvalue weighted by Crippen LogP contribution is 2.34. The van der Waals surface area contributed by atoms with Crippen LogP contribution in [0.2, 0.25) is 0 Å². The van der Waals surface area contributed by atoms with E-state index < -0.39 is 0 Å². The number of piperidine rings is 1. The molecule has 1 fully saturated rings. The molecule has 2 heterocycles. The fourth-order valence-corrected chi connectivity index (χ4v) is 2.85. The van der Waals surface area contributed by atoms with Crippen LogP contribution < -0.4 is 0 Å². The van der Waals surface area contributed by atoms with Gasteiger partial charge in [-0.1, -0.05) is 0 Å². The average Bonchev–Trinajstić information content (AvgIpc) is 2.84. The number of rotatable bonds is 2. The maximum atomic E-state index is 12.2. The van der Waals surface area contributed by atoms with E-state index in [0.29, 0.717) is 18.8 Å². The smallest absolute Gasteiger partial charge is 0.289 e. The molecule has 2 rings (SSSR count). The molecule has 0 aliphatic carbocycles. The Morgan fingerprint density at radius 3 is 2.67 bits per heavy atom. The number of nitrogens with zero attached hydrogens (tertiary/aromatic N) is 2. The number of carbonyl (C=O) groups excluding carboxylic acids is 1. The summed E-state index contributed by atoms with van der Waals surface area (Å²) in [7, 11) is 0. The molecule has 0 spiro atoms. The first-order chi connectivity index (χ1) is 8.62. The molecule has 1 aromatic rings. The van der Waals surface area contributed by atoms with E-state index in [0.717, 1.165) is 18.4 Å². The third-order valence-electron chi connectivity index (χ3n) is 3.51. The van der Waals surface area contributed by atoms with Gasteiger partial charge < -0.3 is 9.32 Å². The quantitative estimate of drug-likeness (QED) is 0.823. The molecule has 0 saturated carbocycles. The molecule has 1 aliphatic rings. The molecular weight excluding hydrogens is 248 g/mol. The van der Waals surface area contributed by atoms with Gasteiger partial charge in [-0.25, -0.2) is 0 Å². The van der Waals surface area contributed by atoms with Crippen LogP contribution in [0.5, 0.6) is 0 Å². The Hall–Kier alpha value is -1.41. The number of likely N-dealkylation sites (tertiary alicyclic amines) is 1. The van der Waals surface area contributed by atoms with Crippen molar-refractivity contribution in [3.05, 3.63) is 23.7 Å². The zero-order valence-corrected chi connectivity index (χ0v) is 11.4. The van der Waals surface area contributed by atoms with E-state index in [4.69, 9.17) is 4.42 Å². The van der Waals surface area contributed by atoms with Gasteiger partial charge in [0.15, 0.2) is 5.76 Å². The van der Waals surface area contributed by atoms with Crippen molar-refractivity contribution in [1.29, 1.82) is 5.26 Å². The molecule has 0 unspecified atom stereocenters. The van der Waals surface area contributed by atoms with E-state index in [1.165, 1.54) is 6.26 Å². The van der Waals surface area contributed by atoms with E-state index in [1.54, 1.807) is 22.7 Å². The lowest BCUT2D eigenvalue weighted by Gasteiger charge is -2.35. The number of aryl methyl sites for hydroxylation is 1. The highest BCUT2D eigenvalue weighted by molar-refractivity contribution is 8.00. The minimum Gasteiger partial charge on any atom is -0.459 e. The van der Waals surface area contributed by atoms with Gasteiger partial charge in [0.2, 0.25) is 0 Å². The van der Waals surface area contributed by atoms with Crippen molar-refractivity contribution in [1.82, 2.24) is 4.90 Å². The van der Waals surface area contributed by atoms with Gasteiger partial charge in [0.25, 0.3) is 5.91 Å². The summed E-state index contributed by atoms with van der Waals surface area (Å²) in [6.07, 6.45) is 4.93. The highest BCUT2D eigenvalue weighted by atomic mass is 32.2. The van der Waals surface area contributed by atoms with Gasteiger partial charge in [0.1, 0.15) is 4.75 Å². The zero-order chi connectivity index (χ0) is 13.2.